The highest BCUT2D eigenvalue weighted by Gasteiger charge is 2.44. The summed E-state index contributed by atoms with van der Waals surface area (Å²) >= 11 is 0. The largest absolute Gasteiger partial charge is 0.480 e. The van der Waals surface area contributed by atoms with Crippen molar-refractivity contribution in [3.05, 3.63) is 0 Å². The van der Waals surface area contributed by atoms with Crippen LogP contribution in [-0.4, -0.2) is 72.7 Å². The number of amides is 1. The van der Waals surface area contributed by atoms with Gasteiger partial charge in [0.25, 0.3) is 0 Å². The Morgan fingerprint density at radius 1 is 1.33 bits per heavy atom. The summed E-state index contributed by atoms with van der Waals surface area (Å²) in [5.74, 6) is -0.0310. The van der Waals surface area contributed by atoms with Crippen molar-refractivity contribution in [2.24, 2.45) is 11.3 Å². The molecule has 1 saturated carbocycles. The highest BCUT2D eigenvalue weighted by molar-refractivity contribution is 5.83. The predicted octanol–water partition coefficient (Wildman–Crippen LogP) is 1.84. The first-order valence-electron chi connectivity index (χ1n) is 9.14. The van der Waals surface area contributed by atoms with Gasteiger partial charge in [-0.3, -0.25) is 14.5 Å². The molecule has 1 N–H and O–H groups in total. The van der Waals surface area contributed by atoms with Gasteiger partial charge in [-0.25, -0.2) is 0 Å². The predicted molar refractivity (Wildman–Crippen MR) is 91.8 cm³/mol. The lowest BCUT2D eigenvalue weighted by Gasteiger charge is -2.40. The van der Waals surface area contributed by atoms with E-state index >= 15 is 0 Å². The molecule has 1 saturated heterocycles. The van der Waals surface area contributed by atoms with E-state index < -0.39 is 5.97 Å². The van der Waals surface area contributed by atoms with Crippen LogP contribution in [0.2, 0.25) is 0 Å². The van der Waals surface area contributed by atoms with Crippen molar-refractivity contribution in [3.63, 3.8) is 0 Å². The molecule has 2 rings (SSSR count). The van der Waals surface area contributed by atoms with E-state index in [0.717, 1.165) is 32.1 Å². The fourth-order valence-electron chi connectivity index (χ4n) is 4.33. The number of carboxylic acid groups (broad SMARTS) is 1. The van der Waals surface area contributed by atoms with Crippen molar-refractivity contribution in [2.75, 3.05) is 39.8 Å². The van der Waals surface area contributed by atoms with E-state index in [4.69, 9.17) is 9.84 Å². The molecule has 1 unspecified atom stereocenters. The SMILES string of the molecule is CC(C)CC1(C(=O)N2CCOC(CN(C)CC(=O)O)C2)CCCC1. The summed E-state index contributed by atoms with van der Waals surface area (Å²) < 4.78 is 5.76. The highest BCUT2D eigenvalue weighted by Crippen LogP contribution is 2.44. The Bertz CT molecular complexity index is 446. The van der Waals surface area contributed by atoms with Gasteiger partial charge in [0.1, 0.15) is 0 Å². The van der Waals surface area contributed by atoms with Crippen LogP contribution < -0.4 is 0 Å². The van der Waals surface area contributed by atoms with Crippen LogP contribution in [0.4, 0.5) is 0 Å². The van der Waals surface area contributed by atoms with Crippen molar-refractivity contribution in [1.29, 1.82) is 0 Å². The molecule has 1 aliphatic heterocycles. The molecule has 0 aromatic heterocycles. The van der Waals surface area contributed by atoms with Crippen molar-refractivity contribution >= 4 is 11.9 Å². The first-order chi connectivity index (χ1) is 11.3. The number of hydrogen-bond acceptors (Lipinski definition) is 4. The Hall–Kier alpha value is -1.14. The van der Waals surface area contributed by atoms with Gasteiger partial charge in [-0.1, -0.05) is 26.7 Å². The summed E-state index contributed by atoms with van der Waals surface area (Å²) in [5.41, 5.74) is -0.178. The molecule has 6 heteroatoms. The van der Waals surface area contributed by atoms with Gasteiger partial charge < -0.3 is 14.7 Å². The molecule has 0 bridgehead atoms. The van der Waals surface area contributed by atoms with Gasteiger partial charge in [0.2, 0.25) is 5.91 Å². The smallest absolute Gasteiger partial charge is 0.317 e. The average Bonchev–Trinajstić information content (AvgIpc) is 2.94. The van der Waals surface area contributed by atoms with E-state index in [-0.39, 0.29) is 18.1 Å². The second kappa shape index (κ2) is 8.30. The van der Waals surface area contributed by atoms with Crippen molar-refractivity contribution in [3.8, 4) is 0 Å². The van der Waals surface area contributed by atoms with Crippen LogP contribution in [-0.2, 0) is 14.3 Å². The minimum absolute atomic E-state index is 0.00884. The van der Waals surface area contributed by atoms with Crippen LogP contribution in [0.3, 0.4) is 0 Å². The highest BCUT2D eigenvalue weighted by atomic mass is 16.5. The molecule has 1 amide bonds. The van der Waals surface area contributed by atoms with E-state index in [9.17, 15) is 9.59 Å². The lowest BCUT2D eigenvalue weighted by atomic mass is 9.77. The fraction of sp³-hybridized carbons (Fsp3) is 0.889. The van der Waals surface area contributed by atoms with Crippen LogP contribution >= 0.6 is 0 Å². The number of ether oxygens (including phenoxy) is 1. The molecule has 2 aliphatic rings. The summed E-state index contributed by atoms with van der Waals surface area (Å²) in [6, 6.07) is 0. The minimum Gasteiger partial charge on any atom is -0.480 e. The summed E-state index contributed by atoms with van der Waals surface area (Å²) in [4.78, 5) is 27.7. The quantitative estimate of drug-likeness (QED) is 0.766. The maximum Gasteiger partial charge on any atom is 0.317 e. The third-order valence-electron chi connectivity index (χ3n) is 5.16. The zero-order chi connectivity index (χ0) is 17.7. The molecular formula is C18H32N2O4. The maximum atomic E-state index is 13.2. The number of aliphatic carboxylic acids is 1. The van der Waals surface area contributed by atoms with Gasteiger partial charge in [-0.05, 0) is 32.2 Å². The Morgan fingerprint density at radius 2 is 2.00 bits per heavy atom. The average molecular weight is 340 g/mol. The molecule has 0 aromatic carbocycles. The van der Waals surface area contributed by atoms with Crippen LogP contribution in [0.1, 0.15) is 46.0 Å². The number of carbonyl (C=O) groups excluding carboxylic acids is 1. The number of hydrogen-bond donors (Lipinski definition) is 1. The second-order valence-electron chi connectivity index (χ2n) is 7.92. The number of likely N-dealkylation sites (N-methyl/N-ethyl adjacent to an activating group) is 1. The summed E-state index contributed by atoms with van der Waals surface area (Å²) in [5, 5.41) is 8.87. The van der Waals surface area contributed by atoms with Crippen molar-refractivity contribution in [1.82, 2.24) is 9.80 Å². The summed E-state index contributed by atoms with van der Waals surface area (Å²) in [6.45, 7) is 6.67. The van der Waals surface area contributed by atoms with Gasteiger partial charge in [0.15, 0.2) is 0 Å². The Kier molecular flexibility index (Phi) is 6.63. The molecule has 0 spiro atoms. The van der Waals surface area contributed by atoms with E-state index in [1.807, 2.05) is 4.90 Å². The van der Waals surface area contributed by atoms with Gasteiger partial charge in [0.05, 0.1) is 19.3 Å². The minimum atomic E-state index is -0.844. The Morgan fingerprint density at radius 3 is 2.58 bits per heavy atom. The van der Waals surface area contributed by atoms with Crippen LogP contribution in [0, 0.1) is 11.3 Å². The van der Waals surface area contributed by atoms with Gasteiger partial charge >= 0.3 is 5.97 Å². The van der Waals surface area contributed by atoms with Gasteiger partial charge in [0, 0.05) is 25.0 Å². The molecule has 1 atom stereocenters. The number of carbonyl (C=O) groups is 2. The molecule has 2 fully saturated rings. The molecular weight excluding hydrogens is 308 g/mol. The third kappa shape index (κ3) is 4.93. The third-order valence-corrected chi connectivity index (χ3v) is 5.16. The fourth-order valence-corrected chi connectivity index (χ4v) is 4.33. The second-order valence-corrected chi connectivity index (χ2v) is 7.92. The normalized spacial score (nSPS) is 23.9. The molecule has 6 nitrogen and oxygen atoms in total. The molecule has 0 radical (unpaired) electrons. The lowest BCUT2D eigenvalue weighted by Crippen LogP contribution is -2.53. The number of nitrogens with zero attached hydrogens (tertiary/aromatic N) is 2. The zero-order valence-corrected chi connectivity index (χ0v) is 15.3. The van der Waals surface area contributed by atoms with Crippen molar-refractivity contribution < 1.29 is 19.4 Å². The van der Waals surface area contributed by atoms with E-state index in [2.05, 4.69) is 13.8 Å². The zero-order valence-electron chi connectivity index (χ0n) is 15.3. The van der Waals surface area contributed by atoms with E-state index in [1.165, 1.54) is 0 Å². The Balaban J connectivity index is 1.97. The van der Waals surface area contributed by atoms with Crippen LogP contribution in [0.15, 0.2) is 0 Å². The summed E-state index contributed by atoms with van der Waals surface area (Å²) in [7, 11) is 1.77. The molecule has 1 aliphatic carbocycles. The topological polar surface area (TPSA) is 70.1 Å². The molecule has 138 valence electrons. The van der Waals surface area contributed by atoms with Crippen LogP contribution in [0.25, 0.3) is 0 Å². The van der Waals surface area contributed by atoms with Gasteiger partial charge in [-0.15, -0.1) is 0 Å². The standard InChI is InChI=1S/C18H32N2O4/c1-14(2)10-18(6-4-5-7-18)17(23)20-8-9-24-15(12-20)11-19(3)13-16(21)22/h14-15H,4-13H2,1-3H3,(H,21,22). The van der Waals surface area contributed by atoms with E-state index in [1.54, 1.807) is 11.9 Å². The lowest BCUT2D eigenvalue weighted by molar-refractivity contribution is -0.151. The summed E-state index contributed by atoms with van der Waals surface area (Å²) in [6.07, 6.45) is 5.16. The maximum absolute atomic E-state index is 13.2. The van der Waals surface area contributed by atoms with E-state index in [0.29, 0.717) is 38.1 Å². The number of carboxylic acids is 1. The molecule has 0 aromatic rings. The first kappa shape index (κ1) is 19.2. The van der Waals surface area contributed by atoms with Crippen molar-refractivity contribution in [2.45, 2.75) is 52.1 Å². The molecule has 24 heavy (non-hydrogen) atoms. The monoisotopic (exact) mass is 340 g/mol. The van der Waals surface area contributed by atoms with Gasteiger partial charge in [-0.2, -0.15) is 0 Å². The number of morpholine rings is 1. The number of rotatable bonds is 7. The Labute approximate surface area is 145 Å². The van der Waals surface area contributed by atoms with Crippen LogP contribution in [0.5, 0.6) is 0 Å². The molecule has 1 heterocycles. The first-order valence-corrected chi connectivity index (χ1v) is 9.14.